The molecule has 7 nitrogen and oxygen atoms in total. The number of nitrogens with zero attached hydrogens (tertiary/aromatic N) is 3. The highest BCUT2D eigenvalue weighted by molar-refractivity contribution is 14.0. The van der Waals surface area contributed by atoms with Crippen LogP contribution in [0.4, 0.5) is 0 Å². The third-order valence-corrected chi connectivity index (χ3v) is 6.15. The normalized spacial score (nSPS) is 20.5. The van der Waals surface area contributed by atoms with E-state index < -0.39 is 0 Å². The maximum Gasteiger partial charge on any atom is 0.191 e. The van der Waals surface area contributed by atoms with E-state index in [1.165, 1.54) is 38.2 Å². The van der Waals surface area contributed by atoms with E-state index in [4.69, 9.17) is 9.47 Å². The summed E-state index contributed by atoms with van der Waals surface area (Å²) in [6, 6.07) is 6.41. The quantitative estimate of drug-likeness (QED) is 0.210. The van der Waals surface area contributed by atoms with Crippen molar-refractivity contribution in [1.82, 2.24) is 20.4 Å². The lowest BCUT2D eigenvalue weighted by molar-refractivity contribution is 0.166. The summed E-state index contributed by atoms with van der Waals surface area (Å²) >= 11 is 0. The molecule has 182 valence electrons. The molecule has 0 radical (unpaired) electrons. The number of guanidine groups is 1. The Balaban J connectivity index is 0.00000363. The van der Waals surface area contributed by atoms with Gasteiger partial charge in [0, 0.05) is 51.3 Å². The summed E-state index contributed by atoms with van der Waals surface area (Å²) in [4.78, 5) is 9.39. The van der Waals surface area contributed by atoms with Gasteiger partial charge in [-0.05, 0) is 64.5 Å². The van der Waals surface area contributed by atoms with E-state index in [2.05, 4.69) is 57.6 Å². The van der Waals surface area contributed by atoms with Crippen molar-refractivity contribution >= 4 is 29.9 Å². The lowest BCUT2D eigenvalue weighted by atomic mass is 10.1. The molecule has 0 saturated carbocycles. The van der Waals surface area contributed by atoms with E-state index in [1.54, 1.807) is 0 Å². The zero-order valence-electron chi connectivity index (χ0n) is 20.1. The topological polar surface area (TPSA) is 61.4 Å². The first-order valence-corrected chi connectivity index (χ1v) is 11.8. The number of hydrogen-bond donors (Lipinski definition) is 2. The van der Waals surface area contributed by atoms with E-state index in [-0.39, 0.29) is 24.0 Å². The van der Waals surface area contributed by atoms with Gasteiger partial charge in [-0.25, -0.2) is 0 Å². The summed E-state index contributed by atoms with van der Waals surface area (Å²) in [5.41, 5.74) is 2.37. The fourth-order valence-electron chi connectivity index (χ4n) is 4.10. The number of aliphatic imine (C=N–C) groups is 1. The molecular formula is C24H42IN5O2. The van der Waals surface area contributed by atoms with Crippen molar-refractivity contribution in [3.8, 4) is 5.75 Å². The maximum absolute atomic E-state index is 6.16. The van der Waals surface area contributed by atoms with Crippen LogP contribution in [0.3, 0.4) is 0 Å². The maximum atomic E-state index is 6.16. The molecule has 1 unspecified atom stereocenters. The van der Waals surface area contributed by atoms with E-state index in [0.29, 0.717) is 12.5 Å². The first-order chi connectivity index (χ1) is 15.1. The standard InChI is InChI=1S/C24H41N5O2.HI/c1-20-6-7-22(23(16-20)31-19-21-8-15-30-18-21)17-27-24(25-2)26-9-4-11-29-12-5-10-28(3)13-14-29;/h6-7,16,21H,4-5,8-15,17-19H2,1-3H3,(H2,25,26,27);1H. The second-order valence-electron chi connectivity index (χ2n) is 8.86. The molecule has 1 atom stereocenters. The number of benzene rings is 1. The summed E-state index contributed by atoms with van der Waals surface area (Å²) in [5, 5.41) is 6.90. The van der Waals surface area contributed by atoms with Crippen LogP contribution in [0.5, 0.6) is 5.75 Å². The lowest BCUT2D eigenvalue weighted by Crippen LogP contribution is -2.38. The first-order valence-electron chi connectivity index (χ1n) is 11.8. The van der Waals surface area contributed by atoms with Gasteiger partial charge in [0.25, 0.3) is 0 Å². The molecule has 2 heterocycles. The molecular weight excluding hydrogens is 517 g/mol. The van der Waals surface area contributed by atoms with Gasteiger partial charge in [-0.15, -0.1) is 24.0 Å². The number of hydrogen-bond acceptors (Lipinski definition) is 5. The number of rotatable bonds is 9. The second-order valence-corrected chi connectivity index (χ2v) is 8.86. The largest absolute Gasteiger partial charge is 0.493 e. The Morgan fingerprint density at radius 1 is 1.22 bits per heavy atom. The molecule has 0 amide bonds. The Bertz CT molecular complexity index is 697. The molecule has 2 aliphatic rings. The number of ether oxygens (including phenoxy) is 2. The average molecular weight is 560 g/mol. The van der Waals surface area contributed by atoms with E-state index in [0.717, 1.165) is 63.0 Å². The summed E-state index contributed by atoms with van der Waals surface area (Å²) in [6.45, 7) is 12.0. The molecule has 2 aliphatic heterocycles. The van der Waals surface area contributed by atoms with E-state index in [9.17, 15) is 0 Å². The van der Waals surface area contributed by atoms with E-state index in [1.807, 2.05) is 7.05 Å². The molecule has 0 bridgehead atoms. The van der Waals surface area contributed by atoms with Crippen molar-refractivity contribution in [2.45, 2.75) is 32.7 Å². The van der Waals surface area contributed by atoms with Gasteiger partial charge in [0.15, 0.2) is 5.96 Å². The van der Waals surface area contributed by atoms with Crippen LogP contribution in [0.15, 0.2) is 23.2 Å². The van der Waals surface area contributed by atoms with Gasteiger partial charge in [0.2, 0.25) is 0 Å². The van der Waals surface area contributed by atoms with Crippen LogP contribution in [-0.4, -0.2) is 88.9 Å². The third-order valence-electron chi connectivity index (χ3n) is 6.15. The minimum Gasteiger partial charge on any atom is -0.493 e. The zero-order valence-corrected chi connectivity index (χ0v) is 22.4. The van der Waals surface area contributed by atoms with Gasteiger partial charge < -0.3 is 29.9 Å². The van der Waals surface area contributed by atoms with Crippen molar-refractivity contribution in [2.75, 3.05) is 73.2 Å². The molecule has 2 saturated heterocycles. The van der Waals surface area contributed by atoms with Gasteiger partial charge >= 0.3 is 0 Å². The van der Waals surface area contributed by atoms with E-state index >= 15 is 0 Å². The fraction of sp³-hybridized carbons (Fsp3) is 0.708. The average Bonchev–Trinajstić information content (AvgIpc) is 3.21. The predicted octanol–water partition coefficient (Wildman–Crippen LogP) is 2.72. The van der Waals surface area contributed by atoms with Crippen LogP contribution in [-0.2, 0) is 11.3 Å². The third kappa shape index (κ3) is 9.41. The van der Waals surface area contributed by atoms with Crippen LogP contribution < -0.4 is 15.4 Å². The Morgan fingerprint density at radius 3 is 2.88 bits per heavy atom. The van der Waals surface area contributed by atoms with Gasteiger partial charge in [-0.3, -0.25) is 4.99 Å². The smallest absolute Gasteiger partial charge is 0.191 e. The Labute approximate surface area is 211 Å². The van der Waals surface area contributed by atoms with Crippen LogP contribution in [0.1, 0.15) is 30.4 Å². The van der Waals surface area contributed by atoms with Crippen LogP contribution in [0.25, 0.3) is 0 Å². The minimum atomic E-state index is 0. The molecule has 0 spiro atoms. The number of likely N-dealkylation sites (N-methyl/N-ethyl adjacent to an activating group) is 1. The molecule has 32 heavy (non-hydrogen) atoms. The molecule has 1 aromatic carbocycles. The first kappa shape index (κ1) is 27.1. The number of halogens is 1. The van der Waals surface area contributed by atoms with Gasteiger partial charge in [0.05, 0.1) is 13.2 Å². The summed E-state index contributed by atoms with van der Waals surface area (Å²) in [7, 11) is 4.04. The lowest BCUT2D eigenvalue weighted by Gasteiger charge is -2.20. The summed E-state index contributed by atoms with van der Waals surface area (Å²) in [6.07, 6.45) is 3.47. The number of aryl methyl sites for hydroxylation is 1. The highest BCUT2D eigenvalue weighted by Gasteiger charge is 2.17. The number of nitrogens with one attached hydrogen (secondary N) is 2. The van der Waals surface area contributed by atoms with Crippen LogP contribution in [0.2, 0.25) is 0 Å². The highest BCUT2D eigenvalue weighted by Crippen LogP contribution is 2.22. The molecule has 2 fully saturated rings. The minimum absolute atomic E-state index is 0. The molecule has 0 aromatic heterocycles. The van der Waals surface area contributed by atoms with Gasteiger partial charge in [0.1, 0.15) is 5.75 Å². The molecule has 2 N–H and O–H groups in total. The molecule has 3 rings (SSSR count). The Morgan fingerprint density at radius 2 is 2.09 bits per heavy atom. The second kappa shape index (κ2) is 14.9. The summed E-state index contributed by atoms with van der Waals surface area (Å²) < 4.78 is 11.6. The van der Waals surface area contributed by atoms with Crippen molar-refractivity contribution in [3.63, 3.8) is 0 Å². The molecule has 0 aliphatic carbocycles. The van der Waals surface area contributed by atoms with Gasteiger partial charge in [-0.1, -0.05) is 12.1 Å². The van der Waals surface area contributed by atoms with Crippen LogP contribution in [0, 0.1) is 12.8 Å². The summed E-state index contributed by atoms with van der Waals surface area (Å²) in [5.74, 6) is 2.30. The van der Waals surface area contributed by atoms with Crippen molar-refractivity contribution < 1.29 is 9.47 Å². The van der Waals surface area contributed by atoms with Crippen LogP contribution >= 0.6 is 24.0 Å². The molecule has 8 heteroatoms. The predicted molar refractivity (Wildman–Crippen MR) is 142 cm³/mol. The van der Waals surface area contributed by atoms with Crippen molar-refractivity contribution in [3.05, 3.63) is 29.3 Å². The zero-order chi connectivity index (χ0) is 21.9. The van der Waals surface area contributed by atoms with Crippen molar-refractivity contribution in [1.29, 1.82) is 0 Å². The SMILES string of the molecule is CN=C(NCCCN1CCCN(C)CC1)NCc1ccc(C)cc1OCC1CCOC1.I. The Hall–Kier alpha value is -1.10. The Kier molecular flexibility index (Phi) is 12.7. The monoisotopic (exact) mass is 559 g/mol. The molecule has 1 aromatic rings. The fourth-order valence-corrected chi connectivity index (χ4v) is 4.10. The van der Waals surface area contributed by atoms with Gasteiger partial charge in [-0.2, -0.15) is 0 Å². The van der Waals surface area contributed by atoms with Crippen molar-refractivity contribution in [2.24, 2.45) is 10.9 Å². The highest BCUT2D eigenvalue weighted by atomic mass is 127.